The van der Waals surface area contributed by atoms with Gasteiger partial charge in [-0.15, -0.1) is 23.1 Å². The standard InChI is InChI=1S/C19H17IN2OS2/c1-12-9-15(20)5-8-18(12)22-19(23)14-3-6-17(7-4-14)25-11-16-10-24-13(2)21-16/h3-10H,11H2,1-2H3,(H,22,23). The lowest BCUT2D eigenvalue weighted by Gasteiger charge is -2.09. The molecule has 6 heteroatoms. The van der Waals surface area contributed by atoms with Gasteiger partial charge in [-0.1, -0.05) is 0 Å². The Morgan fingerprint density at radius 1 is 1.20 bits per heavy atom. The average molecular weight is 480 g/mol. The quantitative estimate of drug-likeness (QED) is 0.365. The van der Waals surface area contributed by atoms with E-state index in [1.165, 1.54) is 0 Å². The predicted molar refractivity (Wildman–Crippen MR) is 115 cm³/mol. The third kappa shape index (κ3) is 5.05. The van der Waals surface area contributed by atoms with Crippen LogP contribution < -0.4 is 5.32 Å². The van der Waals surface area contributed by atoms with Crippen molar-refractivity contribution in [2.75, 3.05) is 5.32 Å². The molecule has 0 saturated heterocycles. The van der Waals surface area contributed by atoms with Gasteiger partial charge in [-0.05, 0) is 84.5 Å². The Morgan fingerprint density at radius 3 is 2.60 bits per heavy atom. The van der Waals surface area contributed by atoms with Crippen molar-refractivity contribution in [2.45, 2.75) is 24.5 Å². The molecule has 1 amide bonds. The molecule has 2 aromatic carbocycles. The van der Waals surface area contributed by atoms with Crippen LogP contribution in [-0.2, 0) is 5.75 Å². The number of hydrogen-bond acceptors (Lipinski definition) is 4. The number of halogens is 1. The van der Waals surface area contributed by atoms with Crippen molar-refractivity contribution in [3.63, 3.8) is 0 Å². The zero-order chi connectivity index (χ0) is 17.8. The summed E-state index contributed by atoms with van der Waals surface area (Å²) in [7, 11) is 0. The number of rotatable bonds is 5. The molecule has 3 aromatic rings. The van der Waals surface area contributed by atoms with Crippen LogP contribution in [0.3, 0.4) is 0 Å². The number of carbonyl (C=O) groups excluding carboxylic acids is 1. The molecule has 0 radical (unpaired) electrons. The summed E-state index contributed by atoms with van der Waals surface area (Å²) in [6.07, 6.45) is 0. The van der Waals surface area contributed by atoms with Gasteiger partial charge in [0.25, 0.3) is 5.91 Å². The van der Waals surface area contributed by atoms with Crippen LogP contribution in [0.25, 0.3) is 0 Å². The van der Waals surface area contributed by atoms with Crippen molar-refractivity contribution in [2.24, 2.45) is 0 Å². The second kappa shape index (κ2) is 8.33. The molecule has 0 aliphatic heterocycles. The van der Waals surface area contributed by atoms with Crippen LogP contribution in [0.2, 0.25) is 0 Å². The highest BCUT2D eigenvalue weighted by molar-refractivity contribution is 14.1. The van der Waals surface area contributed by atoms with Gasteiger partial charge in [-0.2, -0.15) is 0 Å². The number of thiazole rings is 1. The van der Waals surface area contributed by atoms with E-state index in [-0.39, 0.29) is 5.91 Å². The molecule has 0 saturated carbocycles. The Labute approximate surface area is 169 Å². The number of aromatic nitrogens is 1. The van der Waals surface area contributed by atoms with Crippen LogP contribution in [-0.4, -0.2) is 10.9 Å². The predicted octanol–water partition coefficient (Wildman–Crippen LogP) is 5.91. The largest absolute Gasteiger partial charge is 0.322 e. The lowest BCUT2D eigenvalue weighted by Crippen LogP contribution is -2.12. The zero-order valence-electron chi connectivity index (χ0n) is 13.9. The summed E-state index contributed by atoms with van der Waals surface area (Å²) in [4.78, 5) is 18.0. The SMILES string of the molecule is Cc1nc(CSc2ccc(C(=O)Nc3ccc(I)cc3C)cc2)cs1. The van der Waals surface area contributed by atoms with Gasteiger partial charge >= 0.3 is 0 Å². The number of nitrogens with zero attached hydrogens (tertiary/aromatic N) is 1. The number of amides is 1. The maximum Gasteiger partial charge on any atom is 0.255 e. The fourth-order valence-corrected chi connectivity index (χ4v) is 4.45. The average Bonchev–Trinajstić information content (AvgIpc) is 3.01. The first kappa shape index (κ1) is 18.4. The molecular formula is C19H17IN2OS2. The van der Waals surface area contributed by atoms with Gasteiger partial charge in [0.1, 0.15) is 0 Å². The smallest absolute Gasteiger partial charge is 0.255 e. The van der Waals surface area contributed by atoms with E-state index in [9.17, 15) is 4.79 Å². The molecule has 0 unspecified atom stereocenters. The molecule has 1 heterocycles. The fraction of sp³-hybridized carbons (Fsp3) is 0.158. The van der Waals surface area contributed by atoms with Crippen LogP contribution in [0.5, 0.6) is 0 Å². The van der Waals surface area contributed by atoms with Gasteiger partial charge in [0, 0.05) is 30.8 Å². The molecule has 25 heavy (non-hydrogen) atoms. The van der Waals surface area contributed by atoms with Crippen LogP contribution >= 0.6 is 45.7 Å². The van der Waals surface area contributed by atoms with E-state index >= 15 is 0 Å². The van der Waals surface area contributed by atoms with E-state index in [1.807, 2.05) is 50.2 Å². The minimum atomic E-state index is -0.0871. The van der Waals surface area contributed by atoms with Gasteiger partial charge in [0.15, 0.2) is 0 Å². The second-order valence-corrected chi connectivity index (χ2v) is 8.94. The number of benzene rings is 2. The summed E-state index contributed by atoms with van der Waals surface area (Å²) < 4.78 is 1.16. The zero-order valence-corrected chi connectivity index (χ0v) is 17.7. The van der Waals surface area contributed by atoms with E-state index in [1.54, 1.807) is 23.1 Å². The summed E-state index contributed by atoms with van der Waals surface area (Å²) in [5.74, 6) is 0.758. The monoisotopic (exact) mass is 480 g/mol. The van der Waals surface area contributed by atoms with Crippen LogP contribution in [0.15, 0.2) is 52.7 Å². The van der Waals surface area contributed by atoms with E-state index in [2.05, 4.69) is 44.3 Å². The minimum absolute atomic E-state index is 0.0871. The Morgan fingerprint density at radius 2 is 1.96 bits per heavy atom. The lowest BCUT2D eigenvalue weighted by atomic mass is 10.1. The first-order valence-electron chi connectivity index (χ1n) is 7.72. The molecule has 0 fully saturated rings. The van der Waals surface area contributed by atoms with E-state index in [0.717, 1.165) is 36.2 Å². The van der Waals surface area contributed by atoms with Crippen molar-refractivity contribution in [1.29, 1.82) is 0 Å². The molecule has 0 aliphatic rings. The lowest BCUT2D eigenvalue weighted by molar-refractivity contribution is 0.102. The Balaban J connectivity index is 1.62. The van der Waals surface area contributed by atoms with Crippen molar-refractivity contribution in [3.8, 4) is 0 Å². The number of thioether (sulfide) groups is 1. The van der Waals surface area contributed by atoms with E-state index < -0.39 is 0 Å². The summed E-state index contributed by atoms with van der Waals surface area (Å²) in [5, 5.41) is 6.16. The summed E-state index contributed by atoms with van der Waals surface area (Å²) >= 11 is 5.66. The molecule has 0 atom stereocenters. The normalized spacial score (nSPS) is 10.7. The van der Waals surface area contributed by atoms with Gasteiger partial charge in [0.2, 0.25) is 0 Å². The van der Waals surface area contributed by atoms with E-state index in [4.69, 9.17) is 0 Å². The third-order valence-electron chi connectivity index (χ3n) is 3.61. The molecule has 3 nitrogen and oxygen atoms in total. The molecule has 128 valence electrons. The number of hydrogen-bond donors (Lipinski definition) is 1. The third-order valence-corrected chi connectivity index (χ3v) is 6.15. The first-order chi connectivity index (χ1) is 12.0. The molecule has 1 N–H and O–H groups in total. The van der Waals surface area contributed by atoms with Crippen molar-refractivity contribution in [1.82, 2.24) is 4.98 Å². The number of anilines is 1. The van der Waals surface area contributed by atoms with Gasteiger partial charge in [-0.25, -0.2) is 4.98 Å². The maximum absolute atomic E-state index is 12.4. The molecule has 1 aromatic heterocycles. The summed E-state index contributed by atoms with van der Waals surface area (Å²) in [6, 6.07) is 13.7. The Kier molecular flexibility index (Phi) is 6.14. The highest BCUT2D eigenvalue weighted by Crippen LogP contribution is 2.24. The number of nitrogens with one attached hydrogen (secondary N) is 1. The summed E-state index contributed by atoms with van der Waals surface area (Å²) in [5.41, 5.74) is 3.67. The van der Waals surface area contributed by atoms with Gasteiger partial charge < -0.3 is 5.32 Å². The number of aryl methyl sites for hydroxylation is 2. The molecule has 0 aliphatic carbocycles. The summed E-state index contributed by atoms with van der Waals surface area (Å²) in [6.45, 7) is 4.01. The highest BCUT2D eigenvalue weighted by Gasteiger charge is 2.08. The van der Waals surface area contributed by atoms with Gasteiger partial charge in [-0.3, -0.25) is 4.79 Å². The van der Waals surface area contributed by atoms with Crippen LogP contribution in [0.4, 0.5) is 5.69 Å². The molecule has 0 bridgehead atoms. The van der Waals surface area contributed by atoms with Gasteiger partial charge in [0.05, 0.1) is 10.7 Å². The van der Waals surface area contributed by atoms with Crippen LogP contribution in [0.1, 0.15) is 26.6 Å². The van der Waals surface area contributed by atoms with E-state index in [0.29, 0.717) is 5.56 Å². The molecular weight excluding hydrogens is 463 g/mol. The second-order valence-electron chi connectivity index (χ2n) is 5.58. The Bertz CT molecular complexity index is 891. The fourth-order valence-electron chi connectivity index (χ4n) is 2.30. The van der Waals surface area contributed by atoms with Crippen molar-refractivity contribution < 1.29 is 4.79 Å². The van der Waals surface area contributed by atoms with Crippen molar-refractivity contribution in [3.05, 3.63) is 73.2 Å². The number of carbonyl (C=O) groups is 1. The maximum atomic E-state index is 12.4. The van der Waals surface area contributed by atoms with Crippen molar-refractivity contribution >= 4 is 57.3 Å². The minimum Gasteiger partial charge on any atom is -0.322 e. The molecule has 0 spiro atoms. The topological polar surface area (TPSA) is 42.0 Å². The first-order valence-corrected chi connectivity index (χ1v) is 10.7. The Hall–Kier alpha value is -1.38. The highest BCUT2D eigenvalue weighted by atomic mass is 127. The van der Waals surface area contributed by atoms with Crippen LogP contribution in [0, 0.1) is 17.4 Å². The molecule has 3 rings (SSSR count).